The van der Waals surface area contributed by atoms with E-state index in [0.29, 0.717) is 19.9 Å². The Kier molecular flexibility index (Phi) is 5.98. The Bertz CT molecular complexity index is 711. The van der Waals surface area contributed by atoms with Gasteiger partial charge in [0.1, 0.15) is 5.76 Å². The van der Waals surface area contributed by atoms with Crippen LogP contribution in [0.5, 0.6) is 11.5 Å². The van der Waals surface area contributed by atoms with Gasteiger partial charge in [0.25, 0.3) is 0 Å². The van der Waals surface area contributed by atoms with Crippen LogP contribution in [-0.2, 0) is 12.8 Å². The maximum absolute atomic E-state index is 5.41. The zero-order chi connectivity index (χ0) is 17.3. The number of guanidine groups is 1. The summed E-state index contributed by atoms with van der Waals surface area (Å²) in [7, 11) is 0. The van der Waals surface area contributed by atoms with Gasteiger partial charge in [-0.25, -0.2) is 0 Å². The van der Waals surface area contributed by atoms with E-state index in [1.165, 1.54) is 5.56 Å². The Morgan fingerprint density at radius 3 is 2.92 bits per heavy atom. The van der Waals surface area contributed by atoms with Crippen molar-refractivity contribution in [2.24, 2.45) is 4.99 Å². The molecule has 6 heteroatoms. The molecule has 25 heavy (non-hydrogen) atoms. The van der Waals surface area contributed by atoms with Crippen LogP contribution in [0.25, 0.3) is 0 Å². The molecule has 1 aliphatic rings. The van der Waals surface area contributed by atoms with Gasteiger partial charge in [-0.3, -0.25) is 4.99 Å². The molecule has 0 amide bonds. The molecule has 0 bridgehead atoms. The van der Waals surface area contributed by atoms with Crippen molar-refractivity contribution >= 4 is 5.96 Å². The quantitative estimate of drug-likeness (QED) is 0.439. The number of hydrogen-bond donors (Lipinski definition) is 2. The fourth-order valence-electron chi connectivity index (χ4n) is 2.50. The Balaban J connectivity index is 1.48. The molecule has 6 nitrogen and oxygen atoms in total. The van der Waals surface area contributed by atoms with Gasteiger partial charge in [0.2, 0.25) is 6.79 Å². The van der Waals surface area contributed by atoms with E-state index in [4.69, 9.17) is 13.9 Å². The number of nitrogens with one attached hydrogen (secondary N) is 2. The highest BCUT2D eigenvalue weighted by Crippen LogP contribution is 2.32. The second-order valence-electron chi connectivity index (χ2n) is 5.59. The topological polar surface area (TPSA) is 68.0 Å². The lowest BCUT2D eigenvalue weighted by molar-refractivity contribution is 0.174. The molecule has 2 aromatic rings. The summed E-state index contributed by atoms with van der Waals surface area (Å²) in [5.41, 5.74) is 1.19. The van der Waals surface area contributed by atoms with Gasteiger partial charge in [0.15, 0.2) is 17.5 Å². The third-order valence-electron chi connectivity index (χ3n) is 3.77. The average Bonchev–Trinajstić information content (AvgIpc) is 3.30. The Morgan fingerprint density at radius 2 is 2.08 bits per heavy atom. The number of aliphatic imine (C=N–C) groups is 1. The van der Waals surface area contributed by atoms with E-state index in [9.17, 15) is 0 Å². The van der Waals surface area contributed by atoms with Gasteiger partial charge >= 0.3 is 0 Å². The standard InChI is InChI=1S/C19H23N3O3/c1-2-9-20-19(22-11-8-16-4-3-12-23-16)21-10-7-15-5-6-17-18(13-15)25-14-24-17/h2-6,12-13H,1,7-11,14H2,(H2,20,21,22). The summed E-state index contributed by atoms with van der Waals surface area (Å²) in [6, 6.07) is 9.87. The second-order valence-corrected chi connectivity index (χ2v) is 5.59. The molecule has 0 saturated carbocycles. The first-order valence-electron chi connectivity index (χ1n) is 8.39. The predicted octanol–water partition coefficient (Wildman–Crippen LogP) is 2.51. The van der Waals surface area contributed by atoms with Crippen LogP contribution in [0.4, 0.5) is 0 Å². The van der Waals surface area contributed by atoms with E-state index in [1.807, 2.05) is 30.3 Å². The van der Waals surface area contributed by atoms with Crippen LogP contribution in [-0.4, -0.2) is 32.4 Å². The first kappa shape index (κ1) is 17.0. The van der Waals surface area contributed by atoms with E-state index in [1.54, 1.807) is 6.26 Å². The minimum atomic E-state index is 0.301. The van der Waals surface area contributed by atoms with E-state index >= 15 is 0 Å². The fourth-order valence-corrected chi connectivity index (χ4v) is 2.50. The molecular weight excluding hydrogens is 318 g/mol. The van der Waals surface area contributed by atoms with Crippen molar-refractivity contribution in [1.29, 1.82) is 0 Å². The molecule has 0 aliphatic carbocycles. The summed E-state index contributed by atoms with van der Waals surface area (Å²) in [5, 5.41) is 6.56. The van der Waals surface area contributed by atoms with Crippen molar-refractivity contribution in [2.75, 3.05) is 26.4 Å². The van der Waals surface area contributed by atoms with Gasteiger partial charge < -0.3 is 24.5 Å². The number of nitrogens with zero attached hydrogens (tertiary/aromatic N) is 1. The van der Waals surface area contributed by atoms with E-state index in [2.05, 4.69) is 28.3 Å². The number of furan rings is 1. The smallest absolute Gasteiger partial charge is 0.231 e. The summed E-state index contributed by atoms with van der Waals surface area (Å²) >= 11 is 0. The molecule has 0 fully saturated rings. The second kappa shape index (κ2) is 8.82. The highest BCUT2D eigenvalue weighted by atomic mass is 16.7. The first-order chi connectivity index (χ1) is 12.3. The maximum Gasteiger partial charge on any atom is 0.231 e. The summed E-state index contributed by atoms with van der Waals surface area (Å²) in [6.45, 7) is 6.12. The molecule has 2 heterocycles. The fraction of sp³-hybridized carbons (Fsp3) is 0.316. The summed E-state index contributed by atoms with van der Waals surface area (Å²) in [6.07, 6.45) is 5.13. The van der Waals surface area contributed by atoms with Gasteiger partial charge in [-0.15, -0.1) is 6.58 Å². The minimum Gasteiger partial charge on any atom is -0.469 e. The van der Waals surface area contributed by atoms with Crippen LogP contribution in [0, 0.1) is 0 Å². The normalized spacial score (nSPS) is 12.9. The van der Waals surface area contributed by atoms with Crippen molar-refractivity contribution in [2.45, 2.75) is 12.8 Å². The Hall–Kier alpha value is -2.89. The van der Waals surface area contributed by atoms with Crippen LogP contribution >= 0.6 is 0 Å². The van der Waals surface area contributed by atoms with Gasteiger partial charge in [-0.1, -0.05) is 12.1 Å². The largest absolute Gasteiger partial charge is 0.469 e. The Labute approximate surface area is 147 Å². The van der Waals surface area contributed by atoms with E-state index in [-0.39, 0.29) is 0 Å². The number of benzene rings is 1. The molecule has 0 saturated heterocycles. The zero-order valence-electron chi connectivity index (χ0n) is 14.2. The van der Waals surface area contributed by atoms with Crippen LogP contribution < -0.4 is 20.1 Å². The van der Waals surface area contributed by atoms with E-state index in [0.717, 1.165) is 42.6 Å². The van der Waals surface area contributed by atoms with Crippen LogP contribution in [0.3, 0.4) is 0 Å². The predicted molar refractivity (Wildman–Crippen MR) is 97.2 cm³/mol. The molecule has 1 aromatic heterocycles. The van der Waals surface area contributed by atoms with Crippen molar-refractivity contribution in [3.05, 3.63) is 60.6 Å². The number of fused-ring (bicyclic) bond motifs is 1. The minimum absolute atomic E-state index is 0.301. The maximum atomic E-state index is 5.41. The van der Waals surface area contributed by atoms with Crippen LogP contribution in [0.2, 0.25) is 0 Å². The molecule has 0 radical (unpaired) electrons. The van der Waals surface area contributed by atoms with Crippen LogP contribution in [0.1, 0.15) is 11.3 Å². The molecule has 132 valence electrons. The number of ether oxygens (including phenoxy) is 2. The molecule has 3 rings (SSSR count). The average molecular weight is 341 g/mol. The highest BCUT2D eigenvalue weighted by Gasteiger charge is 2.12. The lowest BCUT2D eigenvalue weighted by Crippen LogP contribution is -2.38. The lowest BCUT2D eigenvalue weighted by Gasteiger charge is -2.11. The zero-order valence-corrected chi connectivity index (χ0v) is 14.2. The van der Waals surface area contributed by atoms with Gasteiger partial charge in [-0.2, -0.15) is 0 Å². The van der Waals surface area contributed by atoms with Crippen molar-refractivity contribution in [3.63, 3.8) is 0 Å². The summed E-state index contributed by atoms with van der Waals surface area (Å²) < 4.78 is 16.1. The van der Waals surface area contributed by atoms with Gasteiger partial charge in [0, 0.05) is 26.1 Å². The number of hydrogen-bond acceptors (Lipinski definition) is 4. The molecule has 0 spiro atoms. The van der Waals surface area contributed by atoms with Crippen molar-refractivity contribution in [3.8, 4) is 11.5 Å². The van der Waals surface area contributed by atoms with Crippen LogP contribution in [0.15, 0.2) is 58.7 Å². The number of rotatable bonds is 8. The van der Waals surface area contributed by atoms with E-state index < -0.39 is 0 Å². The molecule has 2 N–H and O–H groups in total. The molecule has 0 unspecified atom stereocenters. The monoisotopic (exact) mass is 341 g/mol. The van der Waals surface area contributed by atoms with Gasteiger partial charge in [0.05, 0.1) is 6.26 Å². The molecule has 1 aliphatic heterocycles. The molecule has 1 aromatic carbocycles. The van der Waals surface area contributed by atoms with Gasteiger partial charge in [-0.05, 0) is 36.2 Å². The Morgan fingerprint density at radius 1 is 1.16 bits per heavy atom. The summed E-state index contributed by atoms with van der Waals surface area (Å²) in [4.78, 5) is 4.57. The molecular formula is C19H23N3O3. The van der Waals surface area contributed by atoms with Crippen molar-refractivity contribution in [1.82, 2.24) is 10.6 Å². The third-order valence-corrected chi connectivity index (χ3v) is 3.77. The van der Waals surface area contributed by atoms with Crippen molar-refractivity contribution < 1.29 is 13.9 Å². The third kappa shape index (κ3) is 5.04. The summed E-state index contributed by atoms with van der Waals surface area (Å²) in [5.74, 6) is 3.33. The lowest BCUT2D eigenvalue weighted by atomic mass is 10.1. The highest BCUT2D eigenvalue weighted by molar-refractivity contribution is 5.79. The first-order valence-corrected chi connectivity index (χ1v) is 8.39. The SMILES string of the molecule is C=CCNC(=NCCc1ccco1)NCCc1ccc2c(c1)OCO2. The molecule has 0 atom stereocenters.